The number of hydrogen-bond donors (Lipinski definition) is 2. The summed E-state index contributed by atoms with van der Waals surface area (Å²) in [6, 6.07) is 7.98. The third kappa shape index (κ3) is 3.93. The molecule has 0 saturated heterocycles. The number of aliphatic carboxylic acids is 1. The molecule has 5 nitrogen and oxygen atoms in total. The molecule has 0 amide bonds. The van der Waals surface area contributed by atoms with Gasteiger partial charge in [-0.3, -0.25) is 4.79 Å². The van der Waals surface area contributed by atoms with Gasteiger partial charge in [0.2, 0.25) is 10.0 Å². The highest BCUT2D eigenvalue weighted by Crippen LogP contribution is 2.54. The standard InChI is InChI=1S/C17H23NO4S/c19-16(20)15(10-13-4-2-1-3-5-13)18-23(21,22)12-17-8-6-14(11-17)7-9-17/h1-5,14-15,18H,6-12H2,(H,19,20)/t14?,15-,17?/m1/s1. The van der Waals surface area contributed by atoms with Crippen molar-refractivity contribution >= 4 is 16.0 Å². The van der Waals surface area contributed by atoms with Crippen molar-refractivity contribution in [2.24, 2.45) is 11.3 Å². The molecule has 0 radical (unpaired) electrons. The van der Waals surface area contributed by atoms with Crippen molar-refractivity contribution in [3.8, 4) is 0 Å². The molecule has 0 unspecified atom stereocenters. The van der Waals surface area contributed by atoms with E-state index in [1.807, 2.05) is 30.3 Å². The lowest BCUT2D eigenvalue weighted by Crippen LogP contribution is -2.45. The quantitative estimate of drug-likeness (QED) is 0.799. The molecule has 23 heavy (non-hydrogen) atoms. The van der Waals surface area contributed by atoms with Gasteiger partial charge in [0.1, 0.15) is 6.04 Å². The van der Waals surface area contributed by atoms with Gasteiger partial charge in [0.25, 0.3) is 0 Å². The Morgan fingerprint density at radius 3 is 2.43 bits per heavy atom. The van der Waals surface area contributed by atoms with Crippen molar-refractivity contribution in [2.75, 3.05) is 5.75 Å². The van der Waals surface area contributed by atoms with E-state index in [1.54, 1.807) is 0 Å². The summed E-state index contributed by atoms with van der Waals surface area (Å²) < 4.78 is 27.4. The van der Waals surface area contributed by atoms with Crippen LogP contribution in [0.4, 0.5) is 0 Å². The van der Waals surface area contributed by atoms with Gasteiger partial charge in [-0.15, -0.1) is 0 Å². The zero-order valence-electron chi connectivity index (χ0n) is 13.1. The molecule has 0 spiro atoms. The predicted octanol–water partition coefficient (Wildman–Crippen LogP) is 2.18. The smallest absolute Gasteiger partial charge is 0.322 e. The molecular formula is C17H23NO4S. The molecule has 1 atom stereocenters. The molecule has 126 valence electrons. The van der Waals surface area contributed by atoms with Crippen LogP contribution < -0.4 is 4.72 Å². The Hall–Kier alpha value is -1.40. The molecular weight excluding hydrogens is 314 g/mol. The van der Waals surface area contributed by atoms with E-state index in [0.717, 1.165) is 37.7 Å². The number of rotatable bonds is 7. The van der Waals surface area contributed by atoms with Crippen LogP contribution in [-0.2, 0) is 21.2 Å². The number of carbonyl (C=O) groups is 1. The van der Waals surface area contributed by atoms with Gasteiger partial charge in [-0.2, -0.15) is 0 Å². The summed E-state index contributed by atoms with van der Waals surface area (Å²) in [5.74, 6) is -0.398. The molecule has 6 heteroatoms. The number of benzene rings is 1. The number of carboxylic acid groups (broad SMARTS) is 1. The summed E-state index contributed by atoms with van der Waals surface area (Å²) in [6.07, 6.45) is 5.27. The van der Waals surface area contributed by atoms with Crippen LogP contribution in [0.3, 0.4) is 0 Å². The Bertz CT molecular complexity index is 663. The van der Waals surface area contributed by atoms with Gasteiger partial charge in [-0.1, -0.05) is 30.3 Å². The molecule has 1 aromatic carbocycles. The maximum absolute atomic E-state index is 12.5. The van der Waals surface area contributed by atoms with E-state index >= 15 is 0 Å². The second kappa shape index (κ2) is 6.24. The minimum atomic E-state index is -3.60. The normalized spacial score (nSPS) is 27.9. The lowest BCUT2D eigenvalue weighted by atomic mass is 9.87. The summed E-state index contributed by atoms with van der Waals surface area (Å²) in [6.45, 7) is 0. The first-order valence-electron chi connectivity index (χ1n) is 8.14. The Balaban J connectivity index is 1.68. The molecule has 2 aliphatic carbocycles. The highest BCUT2D eigenvalue weighted by atomic mass is 32.2. The van der Waals surface area contributed by atoms with Crippen LogP contribution in [0, 0.1) is 11.3 Å². The molecule has 0 aromatic heterocycles. The fraction of sp³-hybridized carbons (Fsp3) is 0.588. The summed E-state index contributed by atoms with van der Waals surface area (Å²) in [5.41, 5.74) is 0.689. The fourth-order valence-corrected chi connectivity index (χ4v) is 6.12. The first-order chi connectivity index (χ1) is 10.9. The second-order valence-corrected chi connectivity index (χ2v) is 8.86. The number of sulfonamides is 1. The third-order valence-corrected chi connectivity index (χ3v) is 6.92. The van der Waals surface area contributed by atoms with Crippen LogP contribution in [-0.4, -0.2) is 31.3 Å². The Morgan fingerprint density at radius 1 is 1.26 bits per heavy atom. The van der Waals surface area contributed by atoms with Crippen LogP contribution in [0.1, 0.15) is 37.7 Å². The predicted molar refractivity (Wildman–Crippen MR) is 87.5 cm³/mol. The Morgan fingerprint density at radius 2 is 1.91 bits per heavy atom. The maximum Gasteiger partial charge on any atom is 0.322 e. The first kappa shape index (κ1) is 16.5. The SMILES string of the molecule is O=C(O)[C@@H](Cc1ccccc1)NS(=O)(=O)CC12CCC(CC1)C2. The molecule has 0 aliphatic heterocycles. The Labute approximate surface area is 137 Å². The summed E-state index contributed by atoms with van der Waals surface area (Å²) in [4.78, 5) is 11.4. The van der Waals surface area contributed by atoms with Crippen LogP contribution in [0.15, 0.2) is 30.3 Å². The minimum Gasteiger partial charge on any atom is -0.480 e. The maximum atomic E-state index is 12.5. The van der Waals surface area contributed by atoms with Crippen LogP contribution >= 0.6 is 0 Å². The zero-order chi connectivity index (χ0) is 16.5. The topological polar surface area (TPSA) is 83.5 Å². The highest BCUT2D eigenvalue weighted by molar-refractivity contribution is 7.89. The molecule has 2 fully saturated rings. The average Bonchev–Trinajstić information content (AvgIpc) is 3.06. The van der Waals surface area contributed by atoms with Crippen LogP contribution in [0.25, 0.3) is 0 Å². The largest absolute Gasteiger partial charge is 0.480 e. The molecule has 2 aliphatic rings. The lowest BCUT2D eigenvalue weighted by Gasteiger charge is -2.27. The van der Waals surface area contributed by atoms with E-state index in [1.165, 1.54) is 0 Å². The monoisotopic (exact) mass is 337 g/mol. The van der Waals surface area contributed by atoms with E-state index in [-0.39, 0.29) is 17.6 Å². The van der Waals surface area contributed by atoms with Gasteiger partial charge in [-0.05, 0) is 55.4 Å². The number of hydrogen-bond acceptors (Lipinski definition) is 3. The van der Waals surface area contributed by atoms with Gasteiger partial charge < -0.3 is 5.11 Å². The van der Waals surface area contributed by atoms with E-state index in [2.05, 4.69) is 4.72 Å². The van der Waals surface area contributed by atoms with Gasteiger partial charge >= 0.3 is 5.97 Å². The Kier molecular flexibility index (Phi) is 4.47. The van der Waals surface area contributed by atoms with Gasteiger partial charge in [0.15, 0.2) is 0 Å². The van der Waals surface area contributed by atoms with Crippen LogP contribution in [0.5, 0.6) is 0 Å². The van der Waals surface area contributed by atoms with E-state index in [4.69, 9.17) is 0 Å². The van der Waals surface area contributed by atoms with Crippen LogP contribution in [0.2, 0.25) is 0 Å². The molecule has 2 saturated carbocycles. The summed E-state index contributed by atoms with van der Waals surface area (Å²) in [5, 5.41) is 9.36. The highest BCUT2D eigenvalue weighted by Gasteiger charge is 2.47. The second-order valence-electron chi connectivity index (χ2n) is 7.10. The number of nitrogens with one attached hydrogen (secondary N) is 1. The van der Waals surface area contributed by atoms with Crippen molar-refractivity contribution in [3.05, 3.63) is 35.9 Å². The van der Waals surface area contributed by atoms with Crippen molar-refractivity contribution in [1.29, 1.82) is 0 Å². The van der Waals surface area contributed by atoms with E-state index in [9.17, 15) is 18.3 Å². The first-order valence-corrected chi connectivity index (χ1v) is 9.79. The van der Waals surface area contributed by atoms with Crippen molar-refractivity contribution in [2.45, 2.75) is 44.6 Å². The van der Waals surface area contributed by atoms with Gasteiger partial charge in [0.05, 0.1) is 5.75 Å². The summed E-state index contributed by atoms with van der Waals surface area (Å²) in [7, 11) is -3.60. The van der Waals surface area contributed by atoms with Crippen molar-refractivity contribution in [3.63, 3.8) is 0 Å². The summed E-state index contributed by atoms with van der Waals surface area (Å²) >= 11 is 0. The molecule has 0 heterocycles. The number of fused-ring (bicyclic) bond motifs is 2. The fourth-order valence-electron chi connectivity index (χ4n) is 4.20. The van der Waals surface area contributed by atoms with Gasteiger partial charge in [-0.25, -0.2) is 13.1 Å². The van der Waals surface area contributed by atoms with E-state index < -0.39 is 22.0 Å². The lowest BCUT2D eigenvalue weighted by molar-refractivity contribution is -0.138. The van der Waals surface area contributed by atoms with Crippen molar-refractivity contribution < 1.29 is 18.3 Å². The van der Waals surface area contributed by atoms with Gasteiger partial charge in [0, 0.05) is 0 Å². The average molecular weight is 337 g/mol. The number of carboxylic acids is 1. The zero-order valence-corrected chi connectivity index (χ0v) is 13.9. The minimum absolute atomic E-state index is 0.0646. The molecule has 3 rings (SSSR count). The van der Waals surface area contributed by atoms with Crippen molar-refractivity contribution in [1.82, 2.24) is 4.72 Å². The van der Waals surface area contributed by atoms with E-state index in [0.29, 0.717) is 5.92 Å². The molecule has 2 N–H and O–H groups in total. The third-order valence-electron chi connectivity index (χ3n) is 5.29. The molecule has 2 bridgehead atoms. The molecule has 1 aromatic rings.